The third-order valence-electron chi connectivity index (χ3n) is 2.46. The van der Waals surface area contributed by atoms with Crippen molar-refractivity contribution >= 4 is 5.78 Å². The maximum absolute atomic E-state index is 11.3. The summed E-state index contributed by atoms with van der Waals surface area (Å²) < 4.78 is 0. The highest BCUT2D eigenvalue weighted by atomic mass is 16.3. The Morgan fingerprint density at radius 1 is 1.50 bits per heavy atom. The van der Waals surface area contributed by atoms with Gasteiger partial charge >= 0.3 is 0 Å². The van der Waals surface area contributed by atoms with E-state index in [2.05, 4.69) is 0 Å². The molecule has 0 aromatic carbocycles. The second-order valence-corrected chi connectivity index (χ2v) is 4.14. The number of carbonyl (C=O) groups excluding carboxylic acids is 1. The van der Waals surface area contributed by atoms with E-state index in [-0.39, 0.29) is 11.7 Å². The third-order valence-corrected chi connectivity index (χ3v) is 2.46. The Bertz CT molecular complexity index is 159. The van der Waals surface area contributed by atoms with E-state index in [9.17, 15) is 9.90 Å². The zero-order valence-corrected chi connectivity index (χ0v) is 7.92. The van der Waals surface area contributed by atoms with E-state index in [0.717, 1.165) is 12.3 Å². The average molecular weight is 170 g/mol. The van der Waals surface area contributed by atoms with Gasteiger partial charge in [-0.3, -0.25) is 4.79 Å². The first-order chi connectivity index (χ1) is 5.61. The van der Waals surface area contributed by atoms with E-state index in [1.165, 1.54) is 12.8 Å². The van der Waals surface area contributed by atoms with Crippen LogP contribution < -0.4 is 0 Å². The van der Waals surface area contributed by atoms with Gasteiger partial charge in [0.1, 0.15) is 6.10 Å². The number of rotatable bonds is 5. The summed E-state index contributed by atoms with van der Waals surface area (Å²) >= 11 is 0. The van der Waals surface area contributed by atoms with Crippen molar-refractivity contribution in [3.8, 4) is 0 Å². The SMILES string of the molecule is CC(C)C(O)C(=O)CCC1CC1. The lowest BCUT2D eigenvalue weighted by molar-refractivity contribution is -0.129. The molecule has 0 aromatic rings. The van der Waals surface area contributed by atoms with Crippen molar-refractivity contribution in [1.82, 2.24) is 0 Å². The number of hydrogen-bond acceptors (Lipinski definition) is 2. The van der Waals surface area contributed by atoms with Gasteiger partial charge in [-0.1, -0.05) is 26.7 Å². The molecule has 0 heterocycles. The minimum Gasteiger partial charge on any atom is -0.385 e. The molecule has 0 aromatic heterocycles. The van der Waals surface area contributed by atoms with Gasteiger partial charge in [0, 0.05) is 6.42 Å². The molecular weight excluding hydrogens is 152 g/mol. The predicted octanol–water partition coefficient (Wildman–Crippen LogP) is 1.76. The molecule has 70 valence electrons. The molecule has 1 aliphatic carbocycles. The topological polar surface area (TPSA) is 37.3 Å². The van der Waals surface area contributed by atoms with Crippen LogP contribution in [0.15, 0.2) is 0 Å². The first-order valence-corrected chi connectivity index (χ1v) is 4.82. The van der Waals surface area contributed by atoms with Crippen molar-refractivity contribution < 1.29 is 9.90 Å². The van der Waals surface area contributed by atoms with Gasteiger partial charge in [-0.05, 0) is 18.3 Å². The summed E-state index contributed by atoms with van der Waals surface area (Å²) in [7, 11) is 0. The highest BCUT2D eigenvalue weighted by Crippen LogP contribution is 2.33. The summed E-state index contributed by atoms with van der Waals surface area (Å²) in [6.07, 6.45) is 3.40. The van der Waals surface area contributed by atoms with Crippen LogP contribution in [-0.4, -0.2) is 17.0 Å². The molecular formula is C10H18O2. The smallest absolute Gasteiger partial charge is 0.161 e. The molecule has 1 atom stereocenters. The van der Waals surface area contributed by atoms with Gasteiger partial charge in [0.2, 0.25) is 0 Å². The van der Waals surface area contributed by atoms with Crippen molar-refractivity contribution in [3.05, 3.63) is 0 Å². The maximum Gasteiger partial charge on any atom is 0.161 e. The number of Topliss-reactive ketones (excluding diaryl/α,β-unsaturated/α-hetero) is 1. The molecule has 2 heteroatoms. The first kappa shape index (κ1) is 9.72. The van der Waals surface area contributed by atoms with Crippen molar-refractivity contribution in [1.29, 1.82) is 0 Å². The number of carbonyl (C=O) groups is 1. The van der Waals surface area contributed by atoms with Gasteiger partial charge in [0.25, 0.3) is 0 Å². The fraction of sp³-hybridized carbons (Fsp3) is 0.900. The maximum atomic E-state index is 11.3. The van der Waals surface area contributed by atoms with Crippen LogP contribution in [0, 0.1) is 11.8 Å². The lowest BCUT2D eigenvalue weighted by Crippen LogP contribution is -2.25. The van der Waals surface area contributed by atoms with E-state index >= 15 is 0 Å². The molecule has 1 aliphatic rings. The number of aliphatic hydroxyl groups excluding tert-OH is 1. The molecule has 0 amide bonds. The van der Waals surface area contributed by atoms with Gasteiger partial charge < -0.3 is 5.11 Å². The molecule has 1 N–H and O–H groups in total. The lowest BCUT2D eigenvalue weighted by Gasteiger charge is -2.12. The zero-order valence-electron chi connectivity index (χ0n) is 7.92. The van der Waals surface area contributed by atoms with Crippen LogP contribution in [0.25, 0.3) is 0 Å². The minimum atomic E-state index is -0.733. The number of aliphatic hydroxyl groups is 1. The molecule has 0 saturated heterocycles. The van der Waals surface area contributed by atoms with E-state index in [0.29, 0.717) is 6.42 Å². The molecule has 0 aliphatic heterocycles. The van der Waals surface area contributed by atoms with Gasteiger partial charge in [-0.15, -0.1) is 0 Å². The summed E-state index contributed by atoms with van der Waals surface area (Å²) in [4.78, 5) is 11.3. The van der Waals surface area contributed by atoms with Gasteiger partial charge in [0.15, 0.2) is 5.78 Å². The Morgan fingerprint density at radius 2 is 2.08 bits per heavy atom. The van der Waals surface area contributed by atoms with Crippen LogP contribution in [0.1, 0.15) is 39.5 Å². The van der Waals surface area contributed by atoms with E-state index < -0.39 is 6.10 Å². The molecule has 1 saturated carbocycles. The molecule has 12 heavy (non-hydrogen) atoms. The van der Waals surface area contributed by atoms with Crippen molar-refractivity contribution in [2.75, 3.05) is 0 Å². The monoisotopic (exact) mass is 170 g/mol. The summed E-state index contributed by atoms with van der Waals surface area (Å²) in [5.41, 5.74) is 0. The number of hydrogen-bond donors (Lipinski definition) is 1. The van der Waals surface area contributed by atoms with Crippen LogP contribution in [0.2, 0.25) is 0 Å². The molecule has 1 rings (SSSR count). The predicted molar refractivity (Wildman–Crippen MR) is 47.8 cm³/mol. The van der Waals surface area contributed by atoms with Gasteiger partial charge in [-0.2, -0.15) is 0 Å². The summed E-state index contributed by atoms with van der Waals surface area (Å²) in [6, 6.07) is 0. The average Bonchev–Trinajstić information content (AvgIpc) is 2.81. The fourth-order valence-electron chi connectivity index (χ4n) is 1.27. The Morgan fingerprint density at radius 3 is 2.50 bits per heavy atom. The summed E-state index contributed by atoms with van der Waals surface area (Å²) in [6.45, 7) is 3.75. The summed E-state index contributed by atoms with van der Waals surface area (Å²) in [5.74, 6) is 0.877. The van der Waals surface area contributed by atoms with Crippen LogP contribution in [0.5, 0.6) is 0 Å². The second kappa shape index (κ2) is 4.04. The quantitative estimate of drug-likeness (QED) is 0.682. The first-order valence-electron chi connectivity index (χ1n) is 4.82. The van der Waals surface area contributed by atoms with Crippen molar-refractivity contribution in [2.45, 2.75) is 45.6 Å². The highest BCUT2D eigenvalue weighted by Gasteiger charge is 2.24. The standard InChI is InChI=1S/C10H18O2/c1-7(2)10(12)9(11)6-5-8-3-4-8/h7-8,10,12H,3-6H2,1-2H3. The van der Waals surface area contributed by atoms with Crippen LogP contribution in [-0.2, 0) is 4.79 Å². The minimum absolute atomic E-state index is 0.0249. The van der Waals surface area contributed by atoms with Crippen LogP contribution >= 0.6 is 0 Å². The van der Waals surface area contributed by atoms with E-state index in [4.69, 9.17) is 0 Å². The van der Waals surface area contributed by atoms with Crippen LogP contribution in [0.4, 0.5) is 0 Å². The molecule has 0 radical (unpaired) electrons. The molecule has 0 bridgehead atoms. The molecule has 0 spiro atoms. The fourth-order valence-corrected chi connectivity index (χ4v) is 1.27. The third kappa shape index (κ3) is 2.94. The summed E-state index contributed by atoms with van der Waals surface area (Å²) in [5, 5.41) is 9.38. The Hall–Kier alpha value is -0.370. The van der Waals surface area contributed by atoms with E-state index in [1.54, 1.807) is 0 Å². The molecule has 1 fully saturated rings. The Balaban J connectivity index is 2.16. The molecule has 2 nitrogen and oxygen atoms in total. The zero-order chi connectivity index (χ0) is 9.14. The number of ketones is 1. The van der Waals surface area contributed by atoms with Gasteiger partial charge in [0.05, 0.1) is 0 Å². The lowest BCUT2D eigenvalue weighted by atomic mass is 9.99. The highest BCUT2D eigenvalue weighted by molar-refractivity contribution is 5.83. The van der Waals surface area contributed by atoms with Crippen molar-refractivity contribution in [2.24, 2.45) is 11.8 Å². The van der Waals surface area contributed by atoms with Gasteiger partial charge in [-0.25, -0.2) is 0 Å². The molecule has 1 unspecified atom stereocenters. The Kier molecular flexibility index (Phi) is 3.27. The largest absolute Gasteiger partial charge is 0.385 e. The van der Waals surface area contributed by atoms with Crippen molar-refractivity contribution in [3.63, 3.8) is 0 Å². The normalized spacial score (nSPS) is 19.7. The van der Waals surface area contributed by atoms with E-state index in [1.807, 2.05) is 13.8 Å². The van der Waals surface area contributed by atoms with Crippen LogP contribution in [0.3, 0.4) is 0 Å². The Labute approximate surface area is 74.0 Å². The second-order valence-electron chi connectivity index (χ2n) is 4.14.